The number of hydrogen-bond acceptors (Lipinski definition) is 5. The Hall–Kier alpha value is -2.41. The largest absolute Gasteiger partial charge is 0.369 e. The van der Waals surface area contributed by atoms with Crippen LogP contribution >= 0.6 is 0 Å². The number of benzene rings is 1. The van der Waals surface area contributed by atoms with Crippen LogP contribution in [0.25, 0.3) is 0 Å². The van der Waals surface area contributed by atoms with Gasteiger partial charge in [0, 0.05) is 37.9 Å². The highest BCUT2D eigenvalue weighted by Crippen LogP contribution is 2.17. The highest BCUT2D eigenvalue weighted by Gasteiger charge is 2.25. The van der Waals surface area contributed by atoms with Crippen molar-refractivity contribution in [2.75, 3.05) is 31.1 Å². The number of carbonyl (C=O) groups is 1. The minimum atomic E-state index is -0.227. The highest BCUT2D eigenvalue weighted by molar-refractivity contribution is 5.81. The van der Waals surface area contributed by atoms with E-state index in [1.165, 1.54) is 12.1 Å². The molecule has 0 unspecified atom stereocenters. The number of nitrogens with one attached hydrogen (secondary N) is 1. The fraction of sp³-hybridized carbons (Fsp3) is 0.444. The fourth-order valence-corrected chi connectivity index (χ4v) is 3.01. The van der Waals surface area contributed by atoms with Crippen molar-refractivity contribution in [3.05, 3.63) is 47.6 Å². The van der Waals surface area contributed by atoms with Crippen molar-refractivity contribution in [3.8, 4) is 0 Å². The monoisotopic (exact) mass is 346 g/mol. The molecule has 0 aliphatic carbocycles. The van der Waals surface area contributed by atoms with Crippen LogP contribution < -0.4 is 10.2 Å². The van der Waals surface area contributed by atoms with E-state index in [4.69, 9.17) is 4.52 Å². The summed E-state index contributed by atoms with van der Waals surface area (Å²) in [6, 6.07) is 8.14. The number of amides is 1. The molecule has 1 aliphatic heterocycles. The van der Waals surface area contributed by atoms with Crippen molar-refractivity contribution < 1.29 is 13.7 Å². The number of aryl methyl sites for hydroxylation is 1. The summed E-state index contributed by atoms with van der Waals surface area (Å²) in [5.41, 5.74) is 1.73. The lowest BCUT2D eigenvalue weighted by Crippen LogP contribution is -2.53. The van der Waals surface area contributed by atoms with E-state index in [9.17, 15) is 9.18 Å². The van der Waals surface area contributed by atoms with Crippen molar-refractivity contribution in [3.63, 3.8) is 0 Å². The molecule has 2 aromatic rings. The second kappa shape index (κ2) is 7.65. The molecule has 6 nitrogen and oxygen atoms in total. The molecule has 1 amide bonds. The summed E-state index contributed by atoms with van der Waals surface area (Å²) < 4.78 is 18.0. The summed E-state index contributed by atoms with van der Waals surface area (Å²) in [4.78, 5) is 16.7. The van der Waals surface area contributed by atoms with Gasteiger partial charge in [-0.05, 0) is 38.1 Å². The Morgan fingerprint density at radius 2 is 1.96 bits per heavy atom. The number of piperazine rings is 1. The predicted molar refractivity (Wildman–Crippen MR) is 92.7 cm³/mol. The average Bonchev–Trinajstić information content (AvgIpc) is 3.05. The number of hydrogen-bond donors (Lipinski definition) is 1. The van der Waals surface area contributed by atoms with Crippen molar-refractivity contribution in [2.45, 2.75) is 26.4 Å². The maximum Gasteiger partial charge on any atom is 0.237 e. The first-order valence-corrected chi connectivity index (χ1v) is 8.47. The van der Waals surface area contributed by atoms with Gasteiger partial charge in [0.05, 0.1) is 12.6 Å². The van der Waals surface area contributed by atoms with Crippen LogP contribution in [0, 0.1) is 12.7 Å². The van der Waals surface area contributed by atoms with Crippen molar-refractivity contribution >= 4 is 11.6 Å². The van der Waals surface area contributed by atoms with Crippen LogP contribution in [0.1, 0.15) is 18.4 Å². The molecule has 1 aromatic carbocycles. The summed E-state index contributed by atoms with van der Waals surface area (Å²) >= 11 is 0. The molecule has 1 saturated heterocycles. The van der Waals surface area contributed by atoms with Gasteiger partial charge in [-0.1, -0.05) is 5.16 Å². The van der Waals surface area contributed by atoms with Gasteiger partial charge >= 0.3 is 0 Å². The summed E-state index contributed by atoms with van der Waals surface area (Å²) in [7, 11) is 0. The molecule has 0 radical (unpaired) electrons. The third kappa shape index (κ3) is 4.36. The Bertz CT molecular complexity index is 708. The van der Waals surface area contributed by atoms with E-state index in [-0.39, 0.29) is 17.8 Å². The van der Waals surface area contributed by atoms with E-state index in [1.807, 2.05) is 19.9 Å². The molecule has 7 heteroatoms. The minimum Gasteiger partial charge on any atom is -0.369 e. The van der Waals surface area contributed by atoms with Gasteiger partial charge in [0.2, 0.25) is 5.91 Å². The zero-order chi connectivity index (χ0) is 17.8. The van der Waals surface area contributed by atoms with Gasteiger partial charge in [-0.2, -0.15) is 0 Å². The second-order valence-corrected chi connectivity index (χ2v) is 6.32. The average molecular weight is 346 g/mol. The van der Waals surface area contributed by atoms with Crippen LogP contribution in [0.3, 0.4) is 0 Å². The molecule has 134 valence electrons. The number of rotatable bonds is 5. The lowest BCUT2D eigenvalue weighted by molar-refractivity contribution is -0.126. The molecule has 1 N–H and O–H groups in total. The molecular formula is C18H23FN4O2. The summed E-state index contributed by atoms with van der Waals surface area (Å²) in [6.45, 7) is 7.30. The fourth-order valence-electron chi connectivity index (χ4n) is 3.01. The van der Waals surface area contributed by atoms with E-state index >= 15 is 0 Å². The molecule has 1 fully saturated rings. The second-order valence-electron chi connectivity index (χ2n) is 6.32. The Balaban J connectivity index is 1.48. The van der Waals surface area contributed by atoms with Crippen LogP contribution in [0.4, 0.5) is 10.1 Å². The Kier molecular flexibility index (Phi) is 5.33. The molecule has 0 bridgehead atoms. The van der Waals surface area contributed by atoms with Crippen LogP contribution in [-0.4, -0.2) is 48.2 Å². The molecule has 0 spiro atoms. The smallest absolute Gasteiger partial charge is 0.237 e. The first-order valence-electron chi connectivity index (χ1n) is 8.47. The third-order valence-corrected chi connectivity index (χ3v) is 4.55. The predicted octanol–water partition coefficient (Wildman–Crippen LogP) is 1.95. The number of halogens is 1. The zero-order valence-corrected chi connectivity index (χ0v) is 14.5. The van der Waals surface area contributed by atoms with Crippen molar-refractivity contribution in [1.82, 2.24) is 15.4 Å². The Labute approximate surface area is 146 Å². The lowest BCUT2D eigenvalue weighted by Gasteiger charge is -2.38. The first kappa shape index (κ1) is 17.4. The number of nitrogens with zero attached hydrogens (tertiary/aromatic N) is 3. The number of anilines is 1. The van der Waals surface area contributed by atoms with Gasteiger partial charge in [-0.15, -0.1) is 0 Å². The third-order valence-electron chi connectivity index (χ3n) is 4.55. The topological polar surface area (TPSA) is 61.6 Å². The Morgan fingerprint density at radius 1 is 1.28 bits per heavy atom. The number of carbonyl (C=O) groups excluding carboxylic acids is 1. The van der Waals surface area contributed by atoms with E-state index in [0.29, 0.717) is 6.54 Å². The molecule has 2 heterocycles. The molecule has 25 heavy (non-hydrogen) atoms. The van der Waals surface area contributed by atoms with Crippen LogP contribution in [0.5, 0.6) is 0 Å². The van der Waals surface area contributed by atoms with Gasteiger partial charge in [-0.3, -0.25) is 9.69 Å². The summed E-state index contributed by atoms with van der Waals surface area (Å²) in [5.74, 6) is 0.486. The van der Waals surface area contributed by atoms with Crippen molar-refractivity contribution in [1.29, 1.82) is 0 Å². The summed E-state index contributed by atoms with van der Waals surface area (Å²) in [5, 5.41) is 6.77. The van der Waals surface area contributed by atoms with Crippen molar-refractivity contribution in [2.24, 2.45) is 0 Å². The molecular weight excluding hydrogens is 323 g/mol. The van der Waals surface area contributed by atoms with Crippen LogP contribution in [0.2, 0.25) is 0 Å². The van der Waals surface area contributed by atoms with Gasteiger partial charge in [0.25, 0.3) is 0 Å². The van der Waals surface area contributed by atoms with Crippen LogP contribution in [0.15, 0.2) is 34.9 Å². The molecule has 3 rings (SSSR count). The Morgan fingerprint density at radius 3 is 2.56 bits per heavy atom. The van der Waals surface area contributed by atoms with Gasteiger partial charge in [-0.25, -0.2) is 4.39 Å². The van der Waals surface area contributed by atoms with E-state index < -0.39 is 0 Å². The van der Waals surface area contributed by atoms with Crippen LogP contribution in [-0.2, 0) is 11.3 Å². The van der Waals surface area contributed by atoms with Gasteiger partial charge < -0.3 is 14.7 Å². The number of aromatic nitrogens is 1. The van der Waals surface area contributed by atoms with E-state index in [2.05, 4.69) is 20.3 Å². The first-order chi connectivity index (χ1) is 12.0. The van der Waals surface area contributed by atoms with Gasteiger partial charge in [0.1, 0.15) is 17.3 Å². The van der Waals surface area contributed by atoms with Gasteiger partial charge in [0.15, 0.2) is 0 Å². The maximum absolute atomic E-state index is 13.0. The molecule has 0 saturated carbocycles. The highest BCUT2D eigenvalue weighted by atomic mass is 19.1. The SMILES string of the molecule is Cc1cc(CNC(=O)[C@H](C)N2CCN(c3ccc(F)cc3)CC2)no1. The van der Waals surface area contributed by atoms with E-state index in [1.54, 1.807) is 12.1 Å². The quantitative estimate of drug-likeness (QED) is 0.897. The lowest BCUT2D eigenvalue weighted by atomic mass is 10.2. The zero-order valence-electron chi connectivity index (χ0n) is 14.5. The standard InChI is InChI=1S/C18H23FN4O2/c1-13-11-16(21-25-13)12-20-18(24)14(2)22-7-9-23(10-8-22)17-5-3-15(19)4-6-17/h3-6,11,14H,7-10,12H2,1-2H3,(H,20,24)/t14-/m0/s1. The summed E-state index contributed by atoms with van der Waals surface area (Å²) in [6.07, 6.45) is 0. The maximum atomic E-state index is 13.0. The normalized spacial score (nSPS) is 16.7. The minimum absolute atomic E-state index is 0.0177. The molecule has 1 atom stereocenters. The molecule has 1 aromatic heterocycles. The molecule has 1 aliphatic rings. The van der Waals surface area contributed by atoms with E-state index in [0.717, 1.165) is 43.3 Å².